The molecule has 10 heteroatoms. The molecule has 0 unspecified atom stereocenters. The molecule has 2 aliphatic rings. The highest BCUT2D eigenvalue weighted by molar-refractivity contribution is 5.90. The van der Waals surface area contributed by atoms with Crippen LogP contribution in [-0.4, -0.2) is 76.2 Å². The average molecular weight is 491 g/mol. The standard InChI is InChI=1S/C26H34N8O2/c1-26(2,18-35)34-15-13-32(14-16-34)20-9-7-19(8-10-20)28-23-22-21(17-27-31-24(22)36)29-25(30-23)33-11-5-3-4-6-12-33/h7-10,17-18H,3-6,11-16H2,1-2H3,(H,31,36)(H,28,29,30). The molecule has 1 aromatic carbocycles. The molecule has 5 rings (SSSR count). The molecule has 2 saturated heterocycles. The Kier molecular flexibility index (Phi) is 6.86. The SMILES string of the molecule is CC(C)(C=O)N1CCN(c2ccc(Nc3nc(N4CCCCCC4)nc4cn[nH]c(=O)c34)cc2)CC1. The van der Waals surface area contributed by atoms with Gasteiger partial charge in [0, 0.05) is 50.6 Å². The van der Waals surface area contributed by atoms with Crippen molar-refractivity contribution < 1.29 is 4.79 Å². The van der Waals surface area contributed by atoms with E-state index in [0.717, 1.165) is 69.8 Å². The summed E-state index contributed by atoms with van der Waals surface area (Å²) in [5.74, 6) is 1.12. The van der Waals surface area contributed by atoms with E-state index in [1.807, 2.05) is 26.0 Å². The number of hydrogen-bond acceptors (Lipinski definition) is 9. The van der Waals surface area contributed by atoms with Crippen LogP contribution in [0.25, 0.3) is 10.9 Å². The third-order valence-electron chi connectivity index (χ3n) is 7.27. The second kappa shape index (κ2) is 10.2. The minimum absolute atomic E-state index is 0.315. The van der Waals surface area contributed by atoms with Crippen molar-refractivity contribution in [1.82, 2.24) is 25.1 Å². The number of hydrogen-bond donors (Lipinski definition) is 2. The molecule has 0 radical (unpaired) electrons. The summed E-state index contributed by atoms with van der Waals surface area (Å²) in [7, 11) is 0. The summed E-state index contributed by atoms with van der Waals surface area (Å²) in [6, 6.07) is 8.17. The number of anilines is 4. The van der Waals surface area contributed by atoms with Crippen LogP contribution in [-0.2, 0) is 4.79 Å². The monoisotopic (exact) mass is 490 g/mol. The Morgan fingerprint density at radius 1 is 0.917 bits per heavy atom. The van der Waals surface area contributed by atoms with E-state index in [4.69, 9.17) is 4.98 Å². The average Bonchev–Trinajstić information content (AvgIpc) is 3.19. The summed E-state index contributed by atoms with van der Waals surface area (Å²) in [5.41, 5.74) is 1.76. The third kappa shape index (κ3) is 5.04. The summed E-state index contributed by atoms with van der Waals surface area (Å²) in [4.78, 5) is 40.2. The van der Waals surface area contributed by atoms with E-state index in [1.54, 1.807) is 6.20 Å². The van der Waals surface area contributed by atoms with Gasteiger partial charge in [-0.1, -0.05) is 12.8 Å². The van der Waals surface area contributed by atoms with Crippen LogP contribution >= 0.6 is 0 Å². The number of rotatable bonds is 6. The molecule has 2 N–H and O–H groups in total. The van der Waals surface area contributed by atoms with Crippen LogP contribution in [0.5, 0.6) is 0 Å². The Labute approximate surface area is 210 Å². The molecule has 0 spiro atoms. The lowest BCUT2D eigenvalue weighted by atomic mass is 10.0. The van der Waals surface area contributed by atoms with Crippen LogP contribution in [0.1, 0.15) is 39.5 Å². The molecular weight excluding hydrogens is 456 g/mol. The van der Waals surface area contributed by atoms with Crippen molar-refractivity contribution in [3.05, 3.63) is 40.8 Å². The Balaban J connectivity index is 1.36. The van der Waals surface area contributed by atoms with Gasteiger partial charge in [-0.2, -0.15) is 10.1 Å². The van der Waals surface area contributed by atoms with Crippen molar-refractivity contribution in [2.75, 3.05) is 54.4 Å². The second-order valence-electron chi connectivity index (χ2n) is 10.2. The van der Waals surface area contributed by atoms with Gasteiger partial charge in [-0.15, -0.1) is 0 Å². The van der Waals surface area contributed by atoms with Crippen LogP contribution in [0.2, 0.25) is 0 Å². The minimum atomic E-state index is -0.431. The highest BCUT2D eigenvalue weighted by Crippen LogP contribution is 2.27. The number of fused-ring (bicyclic) bond motifs is 1. The van der Waals surface area contributed by atoms with Crippen molar-refractivity contribution in [3.63, 3.8) is 0 Å². The lowest BCUT2D eigenvalue weighted by Gasteiger charge is -2.42. The quantitative estimate of drug-likeness (QED) is 0.504. The van der Waals surface area contributed by atoms with Gasteiger partial charge in [0.15, 0.2) is 0 Å². The molecule has 2 aliphatic heterocycles. The molecule has 4 heterocycles. The smallest absolute Gasteiger partial charge is 0.277 e. The zero-order valence-corrected chi connectivity index (χ0v) is 21.0. The maximum absolute atomic E-state index is 12.6. The summed E-state index contributed by atoms with van der Waals surface area (Å²) >= 11 is 0. The Hall–Kier alpha value is -3.53. The summed E-state index contributed by atoms with van der Waals surface area (Å²) in [6.45, 7) is 9.16. The van der Waals surface area contributed by atoms with Crippen molar-refractivity contribution in [1.29, 1.82) is 0 Å². The van der Waals surface area contributed by atoms with E-state index >= 15 is 0 Å². The first kappa shape index (κ1) is 24.2. The lowest BCUT2D eigenvalue weighted by Crippen LogP contribution is -2.55. The molecule has 190 valence electrons. The van der Waals surface area contributed by atoms with Crippen LogP contribution in [0.3, 0.4) is 0 Å². The normalized spacial score (nSPS) is 17.7. The van der Waals surface area contributed by atoms with Crippen molar-refractivity contribution in [2.24, 2.45) is 0 Å². The number of piperazine rings is 1. The molecule has 0 amide bonds. The number of aromatic amines is 1. The van der Waals surface area contributed by atoms with E-state index in [0.29, 0.717) is 22.7 Å². The van der Waals surface area contributed by atoms with Gasteiger partial charge in [0.05, 0.1) is 11.7 Å². The number of nitrogens with zero attached hydrogens (tertiary/aromatic N) is 6. The number of H-pyrrole nitrogens is 1. The van der Waals surface area contributed by atoms with Gasteiger partial charge in [0.1, 0.15) is 23.0 Å². The maximum Gasteiger partial charge on any atom is 0.277 e. The fourth-order valence-corrected chi connectivity index (χ4v) is 5.00. The predicted molar refractivity (Wildman–Crippen MR) is 142 cm³/mol. The third-order valence-corrected chi connectivity index (χ3v) is 7.27. The van der Waals surface area contributed by atoms with Gasteiger partial charge < -0.3 is 19.9 Å². The van der Waals surface area contributed by atoms with Gasteiger partial charge in [-0.25, -0.2) is 10.1 Å². The first-order chi connectivity index (χ1) is 17.4. The number of nitrogens with one attached hydrogen (secondary N) is 2. The van der Waals surface area contributed by atoms with E-state index in [2.05, 4.69) is 47.3 Å². The second-order valence-corrected chi connectivity index (χ2v) is 10.2. The van der Waals surface area contributed by atoms with Gasteiger partial charge in [-0.05, 0) is 51.0 Å². The fourth-order valence-electron chi connectivity index (χ4n) is 5.00. The summed E-state index contributed by atoms with van der Waals surface area (Å²) in [5, 5.41) is 10.2. The molecule has 0 aliphatic carbocycles. The van der Waals surface area contributed by atoms with E-state index in [-0.39, 0.29) is 5.56 Å². The highest BCUT2D eigenvalue weighted by Gasteiger charge is 2.29. The summed E-state index contributed by atoms with van der Waals surface area (Å²) in [6.07, 6.45) is 7.26. The zero-order valence-electron chi connectivity index (χ0n) is 21.0. The molecule has 3 aromatic rings. The van der Waals surface area contributed by atoms with Gasteiger partial charge in [-0.3, -0.25) is 9.69 Å². The summed E-state index contributed by atoms with van der Waals surface area (Å²) < 4.78 is 0. The van der Waals surface area contributed by atoms with Crippen LogP contribution in [0.4, 0.5) is 23.1 Å². The van der Waals surface area contributed by atoms with E-state index in [1.165, 1.54) is 12.8 Å². The number of aromatic nitrogens is 4. The van der Waals surface area contributed by atoms with Crippen LogP contribution in [0, 0.1) is 0 Å². The first-order valence-corrected chi connectivity index (χ1v) is 12.8. The molecule has 2 fully saturated rings. The highest BCUT2D eigenvalue weighted by atomic mass is 16.1. The number of carbonyl (C=O) groups is 1. The molecular formula is C26H34N8O2. The van der Waals surface area contributed by atoms with E-state index in [9.17, 15) is 9.59 Å². The fraction of sp³-hybridized carbons (Fsp3) is 0.500. The van der Waals surface area contributed by atoms with Crippen molar-refractivity contribution >= 4 is 40.3 Å². The zero-order chi connectivity index (χ0) is 25.1. The molecule has 0 atom stereocenters. The Morgan fingerprint density at radius 3 is 2.28 bits per heavy atom. The minimum Gasteiger partial charge on any atom is -0.369 e. The molecule has 0 saturated carbocycles. The molecule has 0 bridgehead atoms. The van der Waals surface area contributed by atoms with Crippen LogP contribution < -0.4 is 20.7 Å². The Bertz CT molecular complexity index is 1260. The number of benzene rings is 1. The first-order valence-electron chi connectivity index (χ1n) is 12.8. The molecule has 10 nitrogen and oxygen atoms in total. The number of aldehydes is 1. The molecule has 2 aromatic heterocycles. The van der Waals surface area contributed by atoms with Crippen molar-refractivity contribution in [3.8, 4) is 0 Å². The largest absolute Gasteiger partial charge is 0.369 e. The maximum atomic E-state index is 12.6. The topological polar surface area (TPSA) is 110 Å². The number of carbonyl (C=O) groups excluding carboxylic acids is 1. The van der Waals surface area contributed by atoms with Gasteiger partial charge in [0.2, 0.25) is 5.95 Å². The van der Waals surface area contributed by atoms with Crippen LogP contribution in [0.15, 0.2) is 35.3 Å². The molecule has 36 heavy (non-hydrogen) atoms. The van der Waals surface area contributed by atoms with Gasteiger partial charge >= 0.3 is 0 Å². The lowest BCUT2D eigenvalue weighted by molar-refractivity contribution is -0.117. The van der Waals surface area contributed by atoms with E-state index < -0.39 is 5.54 Å². The Morgan fingerprint density at radius 2 is 1.61 bits per heavy atom. The predicted octanol–water partition coefficient (Wildman–Crippen LogP) is 2.94. The van der Waals surface area contributed by atoms with Gasteiger partial charge in [0.25, 0.3) is 5.56 Å². The van der Waals surface area contributed by atoms with Crippen molar-refractivity contribution in [2.45, 2.75) is 45.1 Å².